The summed E-state index contributed by atoms with van der Waals surface area (Å²) < 4.78 is 5.26. The molecule has 0 heterocycles. The van der Waals surface area contributed by atoms with Crippen molar-refractivity contribution < 1.29 is 9.84 Å². The summed E-state index contributed by atoms with van der Waals surface area (Å²) in [5.74, 6) is 1.71. The number of ether oxygens (including phenoxy) is 1. The second kappa shape index (κ2) is 10.7. The van der Waals surface area contributed by atoms with E-state index in [0.29, 0.717) is 0 Å². The zero-order chi connectivity index (χ0) is 23.2. The van der Waals surface area contributed by atoms with E-state index in [2.05, 4.69) is 42.5 Å². The fraction of sp³-hybridized carbons (Fsp3) is 0.103. The van der Waals surface area contributed by atoms with Gasteiger partial charge in [0.1, 0.15) is 5.75 Å². The lowest BCUT2D eigenvalue weighted by Crippen LogP contribution is -1.90. The topological polar surface area (TPSA) is 29.1 Å². The normalized spacial score (nSPS) is 11.4. The van der Waals surface area contributed by atoms with Crippen LogP contribution in [0.5, 0.6) is 11.5 Å². The Hall–Kier alpha value is -3.14. The minimum Gasteiger partial charge on any atom is -0.497 e. The van der Waals surface area contributed by atoms with Crippen LogP contribution in [0.2, 0.25) is 5.02 Å². The number of hydrogen-bond donors (Lipinski definition) is 0. The Kier molecular flexibility index (Phi) is 7.43. The number of methoxy groups -OCH3 is 1. The maximum Gasteiger partial charge on any atom is 0.181 e. The summed E-state index contributed by atoms with van der Waals surface area (Å²) >= 11 is 7.84. The molecule has 0 saturated heterocycles. The highest BCUT2D eigenvalue weighted by Crippen LogP contribution is 2.30. The van der Waals surface area contributed by atoms with Crippen LogP contribution >= 0.6 is 23.4 Å². The monoisotopic (exact) mass is 471 g/mol. The molecule has 0 unspecified atom stereocenters. The summed E-state index contributed by atoms with van der Waals surface area (Å²) in [6.45, 7) is 1.85. The van der Waals surface area contributed by atoms with Crippen LogP contribution in [0.25, 0.3) is 16.7 Å². The predicted molar refractivity (Wildman–Crippen MR) is 139 cm³/mol. The fourth-order valence-electron chi connectivity index (χ4n) is 3.59. The van der Waals surface area contributed by atoms with E-state index in [0.717, 1.165) is 54.8 Å². The molecule has 0 aliphatic heterocycles. The smallest absolute Gasteiger partial charge is 0.181 e. The molecule has 0 atom stereocenters. The van der Waals surface area contributed by atoms with Gasteiger partial charge in [-0.05, 0) is 82.8 Å². The number of aryl methyl sites for hydroxylation is 1. The van der Waals surface area contributed by atoms with E-state index in [-0.39, 0.29) is 5.75 Å². The van der Waals surface area contributed by atoms with Crippen molar-refractivity contribution in [1.82, 2.24) is 0 Å². The zero-order valence-corrected chi connectivity index (χ0v) is 20.1. The zero-order valence-electron chi connectivity index (χ0n) is 18.5. The molecule has 2 nitrogen and oxygen atoms in total. The molecule has 0 aliphatic rings. The van der Waals surface area contributed by atoms with Gasteiger partial charge in [-0.2, -0.15) is 0 Å². The van der Waals surface area contributed by atoms with Gasteiger partial charge in [-0.25, -0.2) is 0 Å². The Bertz CT molecular complexity index is 1240. The Morgan fingerprint density at radius 3 is 2.00 bits per heavy atom. The second-order valence-corrected chi connectivity index (χ2v) is 9.20. The maximum atomic E-state index is 11.7. The molecular formula is C29H24ClO2S. The Balaban J connectivity index is 1.60. The van der Waals surface area contributed by atoms with E-state index in [1.54, 1.807) is 24.9 Å². The molecule has 0 aromatic heterocycles. The highest BCUT2D eigenvalue weighted by atomic mass is 35.5. The number of hydrogen-bond acceptors (Lipinski definition) is 2. The van der Waals surface area contributed by atoms with Crippen LogP contribution in [0, 0.1) is 6.92 Å². The first-order valence-electron chi connectivity index (χ1n) is 10.6. The summed E-state index contributed by atoms with van der Waals surface area (Å²) in [5.41, 5.74) is 6.48. The van der Waals surface area contributed by atoms with E-state index in [1.807, 2.05) is 55.5 Å². The Morgan fingerprint density at radius 1 is 0.848 bits per heavy atom. The van der Waals surface area contributed by atoms with Crippen molar-refractivity contribution in [3.8, 4) is 22.6 Å². The van der Waals surface area contributed by atoms with E-state index in [1.165, 1.54) is 0 Å². The van der Waals surface area contributed by atoms with E-state index >= 15 is 0 Å². The Labute approximate surface area is 204 Å². The van der Waals surface area contributed by atoms with Gasteiger partial charge in [0, 0.05) is 15.7 Å². The van der Waals surface area contributed by atoms with Gasteiger partial charge in [0.05, 0.1) is 7.11 Å². The first kappa shape index (κ1) is 23.0. The second-order valence-electron chi connectivity index (χ2n) is 7.67. The molecule has 1 radical (unpaired) electrons. The van der Waals surface area contributed by atoms with E-state index < -0.39 is 0 Å². The van der Waals surface area contributed by atoms with Crippen molar-refractivity contribution in [2.45, 2.75) is 11.8 Å². The van der Waals surface area contributed by atoms with Gasteiger partial charge in [0.25, 0.3) is 0 Å². The summed E-state index contributed by atoms with van der Waals surface area (Å²) in [6.07, 6.45) is 2.23. The van der Waals surface area contributed by atoms with Crippen molar-refractivity contribution in [3.05, 3.63) is 119 Å². The first-order chi connectivity index (χ1) is 16.0. The van der Waals surface area contributed by atoms with Crippen LogP contribution in [0.15, 0.2) is 102 Å². The molecule has 0 N–H and O–H groups in total. The summed E-state index contributed by atoms with van der Waals surface area (Å²) in [5, 5.41) is 12.4. The van der Waals surface area contributed by atoms with Gasteiger partial charge in [0.15, 0.2) is 5.75 Å². The minimum absolute atomic E-state index is 0.0775. The molecule has 165 valence electrons. The molecule has 0 bridgehead atoms. The predicted octanol–water partition coefficient (Wildman–Crippen LogP) is 8.69. The van der Waals surface area contributed by atoms with Crippen molar-refractivity contribution in [3.63, 3.8) is 0 Å². The van der Waals surface area contributed by atoms with Crippen LogP contribution in [0.1, 0.15) is 16.7 Å². The fourth-order valence-corrected chi connectivity index (χ4v) is 4.58. The van der Waals surface area contributed by atoms with E-state index in [4.69, 9.17) is 16.3 Å². The molecule has 4 rings (SSSR count). The summed E-state index contributed by atoms with van der Waals surface area (Å²) in [7, 11) is 1.67. The number of halogens is 1. The molecule has 4 aromatic rings. The van der Waals surface area contributed by atoms with Crippen LogP contribution < -0.4 is 4.74 Å². The van der Waals surface area contributed by atoms with Crippen LogP contribution in [-0.2, 0) is 5.11 Å². The number of thioether (sulfide) groups is 1. The van der Waals surface area contributed by atoms with Gasteiger partial charge in [0.2, 0.25) is 0 Å². The lowest BCUT2D eigenvalue weighted by molar-refractivity contribution is 0.351. The molecule has 4 heteroatoms. The van der Waals surface area contributed by atoms with Gasteiger partial charge in [-0.3, -0.25) is 5.11 Å². The average molecular weight is 472 g/mol. The molecule has 33 heavy (non-hydrogen) atoms. The standard InChI is InChI=1S/C29H24ClO2S/c1-20-19-27(15-16-29(20)31)33-18-17-28(24-7-11-25(30)12-8-24)23-5-3-21(4-6-23)22-9-13-26(32-2)14-10-22/h3-17,19H,18H2,1-2H3/b28-17-. The molecule has 0 saturated carbocycles. The van der Waals surface area contributed by atoms with Gasteiger partial charge in [-0.15, -0.1) is 11.8 Å². The van der Waals surface area contributed by atoms with Gasteiger partial charge < -0.3 is 4.74 Å². The third-order valence-electron chi connectivity index (χ3n) is 5.46. The lowest BCUT2D eigenvalue weighted by Gasteiger charge is -2.11. The average Bonchev–Trinajstić information content (AvgIpc) is 2.85. The maximum absolute atomic E-state index is 11.7. The molecule has 0 amide bonds. The quantitative estimate of drug-likeness (QED) is 0.252. The Morgan fingerprint density at radius 2 is 1.42 bits per heavy atom. The molecule has 0 spiro atoms. The van der Waals surface area contributed by atoms with Crippen molar-refractivity contribution in [2.75, 3.05) is 12.9 Å². The molecule has 4 aromatic carbocycles. The summed E-state index contributed by atoms with van der Waals surface area (Å²) in [6, 6.07) is 30.1. The molecular weight excluding hydrogens is 448 g/mol. The van der Waals surface area contributed by atoms with Crippen molar-refractivity contribution in [1.29, 1.82) is 0 Å². The third-order valence-corrected chi connectivity index (χ3v) is 6.63. The highest BCUT2D eigenvalue weighted by molar-refractivity contribution is 7.99. The van der Waals surface area contributed by atoms with Gasteiger partial charge in [-0.1, -0.05) is 66.2 Å². The molecule has 0 aliphatic carbocycles. The van der Waals surface area contributed by atoms with Crippen LogP contribution in [-0.4, -0.2) is 12.9 Å². The van der Waals surface area contributed by atoms with Gasteiger partial charge >= 0.3 is 0 Å². The lowest BCUT2D eigenvalue weighted by atomic mass is 9.95. The highest BCUT2D eigenvalue weighted by Gasteiger charge is 2.07. The molecule has 0 fully saturated rings. The number of rotatable bonds is 7. The van der Waals surface area contributed by atoms with E-state index in [9.17, 15) is 5.11 Å². The first-order valence-corrected chi connectivity index (χ1v) is 12.0. The number of benzene rings is 4. The largest absolute Gasteiger partial charge is 0.497 e. The van der Waals surface area contributed by atoms with Crippen LogP contribution in [0.4, 0.5) is 0 Å². The van der Waals surface area contributed by atoms with Crippen molar-refractivity contribution >= 4 is 28.9 Å². The minimum atomic E-state index is 0.0775. The van der Waals surface area contributed by atoms with Crippen LogP contribution in [0.3, 0.4) is 0 Å². The SMILES string of the molecule is COc1ccc(-c2ccc(/C(=C/CSc3ccc([O])c(C)c3)c3ccc(Cl)cc3)cc2)cc1. The van der Waals surface area contributed by atoms with Crippen molar-refractivity contribution in [2.24, 2.45) is 0 Å². The summed E-state index contributed by atoms with van der Waals surface area (Å²) in [4.78, 5) is 1.09. The third kappa shape index (κ3) is 5.81.